The second-order valence-electron chi connectivity index (χ2n) is 17.3. The van der Waals surface area contributed by atoms with Gasteiger partial charge in [0.15, 0.2) is 0 Å². The minimum atomic E-state index is 0.177. The van der Waals surface area contributed by atoms with Crippen molar-refractivity contribution in [3.63, 3.8) is 0 Å². The molecule has 0 amide bonds. The molecule has 10 aromatic rings. The van der Waals surface area contributed by atoms with Gasteiger partial charge in [-0.05, 0) is 115 Å². The molecular weight excluding hydrogens is 797 g/mol. The second-order valence-corrected chi connectivity index (χ2v) is 17.3. The number of para-hydroxylation sites is 2. The summed E-state index contributed by atoms with van der Waals surface area (Å²) in [6.07, 6.45) is 4.93. The van der Waals surface area contributed by atoms with E-state index in [0.717, 1.165) is 17.1 Å². The Bertz CT molecular complexity index is 3450. The maximum absolute atomic E-state index is 2.57. The number of nitrogens with zero attached hydrogens (tertiary/aromatic N) is 2. The third-order valence-electron chi connectivity index (χ3n) is 13.4. The fraction of sp³-hybridized carbons (Fsp3) is 0.0312. The van der Waals surface area contributed by atoms with Crippen LogP contribution in [0.4, 0.5) is 28.4 Å². The van der Waals surface area contributed by atoms with Gasteiger partial charge in [0.25, 0.3) is 0 Å². The third-order valence-corrected chi connectivity index (χ3v) is 13.4. The zero-order valence-corrected chi connectivity index (χ0v) is 36.5. The van der Waals surface area contributed by atoms with Crippen molar-refractivity contribution in [2.45, 2.75) is 12.0 Å². The van der Waals surface area contributed by atoms with E-state index in [4.69, 9.17) is 0 Å². The maximum Gasteiger partial charge on any atom is 0.0635 e. The van der Waals surface area contributed by atoms with Crippen molar-refractivity contribution < 1.29 is 0 Å². The van der Waals surface area contributed by atoms with Gasteiger partial charge in [-0.15, -0.1) is 0 Å². The highest BCUT2D eigenvalue weighted by atomic mass is 15.2. The zero-order chi connectivity index (χ0) is 43.8. The number of hydrogen-bond donors (Lipinski definition) is 0. The minimum Gasteiger partial charge on any atom is -0.333 e. The van der Waals surface area contributed by atoms with Gasteiger partial charge in [-0.25, -0.2) is 0 Å². The summed E-state index contributed by atoms with van der Waals surface area (Å²) in [4.78, 5) is 4.96. The van der Waals surface area contributed by atoms with Gasteiger partial charge in [-0.3, -0.25) is 0 Å². The standard InChI is InChI=1S/C64H46N2/c1-4-16-45(17-5-1)46-28-30-47(31-29-46)48-32-36-54(37-33-48)65(56-40-41-57(49-18-6-2-7-19-49)60(44-56)50-20-8-3-9-21-50)55-38-34-51(35-39-55)58-24-12-14-26-62(58)66-63-27-15-13-25-59(63)61-42-52-22-10-11-23-53(52)43-64(61)66/h1-44,61,64H. The van der Waals surface area contributed by atoms with E-state index in [2.05, 4.69) is 277 Å². The van der Waals surface area contributed by atoms with E-state index >= 15 is 0 Å². The summed E-state index contributed by atoms with van der Waals surface area (Å²) in [6.45, 7) is 0. The largest absolute Gasteiger partial charge is 0.333 e. The fourth-order valence-electron chi connectivity index (χ4n) is 10.2. The molecule has 0 N–H and O–H groups in total. The Balaban J connectivity index is 0.949. The van der Waals surface area contributed by atoms with Gasteiger partial charge in [0.1, 0.15) is 0 Å². The first-order valence-corrected chi connectivity index (χ1v) is 22.9. The fourth-order valence-corrected chi connectivity index (χ4v) is 10.2. The monoisotopic (exact) mass is 842 g/mol. The average Bonchev–Trinajstić information content (AvgIpc) is 3.72. The molecule has 2 nitrogen and oxygen atoms in total. The number of fused-ring (bicyclic) bond motifs is 4. The van der Waals surface area contributed by atoms with Gasteiger partial charge in [0.2, 0.25) is 0 Å². The summed E-state index contributed by atoms with van der Waals surface area (Å²) < 4.78 is 0. The number of benzene rings is 10. The lowest BCUT2D eigenvalue weighted by atomic mass is 9.89. The van der Waals surface area contributed by atoms with E-state index in [1.54, 1.807) is 0 Å². The highest BCUT2D eigenvalue weighted by Gasteiger charge is 2.38. The first-order chi connectivity index (χ1) is 32.7. The number of rotatable bonds is 9. The highest BCUT2D eigenvalue weighted by Crippen LogP contribution is 2.50. The number of hydrogen-bond acceptors (Lipinski definition) is 2. The van der Waals surface area contributed by atoms with E-state index in [-0.39, 0.29) is 12.0 Å². The Hall–Kier alpha value is -8.46. The summed E-state index contributed by atoms with van der Waals surface area (Å²) >= 11 is 0. The molecule has 10 aromatic carbocycles. The molecule has 66 heavy (non-hydrogen) atoms. The Labute approximate surface area is 387 Å². The highest BCUT2D eigenvalue weighted by molar-refractivity contribution is 5.92. The first-order valence-electron chi connectivity index (χ1n) is 22.9. The topological polar surface area (TPSA) is 6.48 Å². The van der Waals surface area contributed by atoms with Crippen molar-refractivity contribution in [1.29, 1.82) is 0 Å². The molecule has 0 saturated heterocycles. The van der Waals surface area contributed by atoms with Gasteiger partial charge < -0.3 is 9.80 Å². The van der Waals surface area contributed by atoms with E-state index in [9.17, 15) is 0 Å². The van der Waals surface area contributed by atoms with Gasteiger partial charge in [0.05, 0.1) is 6.04 Å². The van der Waals surface area contributed by atoms with Crippen LogP contribution in [0.5, 0.6) is 0 Å². The van der Waals surface area contributed by atoms with Crippen molar-refractivity contribution >= 4 is 40.6 Å². The molecule has 0 bridgehead atoms. The normalized spacial score (nSPS) is 14.6. The molecule has 1 aliphatic heterocycles. The SMILES string of the molecule is C1=c2ccccc2=CC2C1c1ccccc1N2c1ccccc1-c1ccc(N(c2ccc(-c3ccc(-c4ccccc4)cc3)cc2)c2ccc(-c3ccccc3)c(-c3ccccc3)c2)cc1. The first kappa shape index (κ1) is 39.2. The van der Waals surface area contributed by atoms with Crippen molar-refractivity contribution in [3.8, 4) is 55.6 Å². The molecule has 0 fully saturated rings. The van der Waals surface area contributed by atoms with Crippen molar-refractivity contribution in [1.82, 2.24) is 0 Å². The van der Waals surface area contributed by atoms with Crippen LogP contribution < -0.4 is 20.2 Å². The Morgan fingerprint density at radius 3 is 1.33 bits per heavy atom. The van der Waals surface area contributed by atoms with E-state index in [1.807, 2.05) is 0 Å². The molecule has 0 saturated carbocycles. The van der Waals surface area contributed by atoms with Crippen LogP contribution in [0.2, 0.25) is 0 Å². The summed E-state index contributed by atoms with van der Waals surface area (Å²) in [5.41, 5.74) is 19.1. The number of anilines is 5. The molecule has 0 spiro atoms. The molecule has 2 aliphatic rings. The van der Waals surface area contributed by atoms with Crippen LogP contribution in [0, 0.1) is 0 Å². The quantitative estimate of drug-likeness (QED) is 0.143. The average molecular weight is 843 g/mol. The van der Waals surface area contributed by atoms with Gasteiger partial charge in [0, 0.05) is 39.9 Å². The Kier molecular flexibility index (Phi) is 10.0. The van der Waals surface area contributed by atoms with Crippen molar-refractivity contribution in [2.75, 3.05) is 9.80 Å². The van der Waals surface area contributed by atoms with Crippen LogP contribution in [0.25, 0.3) is 67.8 Å². The minimum absolute atomic E-state index is 0.177. The molecular formula is C64H46N2. The lowest BCUT2D eigenvalue weighted by Crippen LogP contribution is -2.38. The summed E-state index contributed by atoms with van der Waals surface area (Å²) in [5.74, 6) is 0.272. The smallest absolute Gasteiger partial charge is 0.0635 e. The predicted octanol–water partition coefficient (Wildman–Crippen LogP) is 15.4. The molecule has 2 atom stereocenters. The lowest BCUT2D eigenvalue weighted by Gasteiger charge is -2.31. The summed E-state index contributed by atoms with van der Waals surface area (Å²) in [7, 11) is 0. The maximum atomic E-state index is 2.57. The van der Waals surface area contributed by atoms with Crippen LogP contribution in [0.3, 0.4) is 0 Å². The lowest BCUT2D eigenvalue weighted by molar-refractivity contribution is 0.802. The van der Waals surface area contributed by atoms with E-state index in [0.29, 0.717) is 0 Å². The molecule has 2 heteroatoms. The molecule has 12 rings (SSSR count). The van der Waals surface area contributed by atoms with Crippen molar-refractivity contribution in [3.05, 3.63) is 271 Å². The summed E-state index contributed by atoms with van der Waals surface area (Å²) in [5, 5.41) is 2.60. The van der Waals surface area contributed by atoms with Gasteiger partial charge in [-0.1, -0.05) is 218 Å². The molecule has 0 aromatic heterocycles. The molecule has 2 unspecified atom stereocenters. The van der Waals surface area contributed by atoms with Crippen LogP contribution in [0.1, 0.15) is 11.5 Å². The van der Waals surface area contributed by atoms with Crippen LogP contribution in [-0.2, 0) is 0 Å². The third kappa shape index (κ3) is 7.19. The van der Waals surface area contributed by atoms with Crippen LogP contribution in [-0.4, -0.2) is 6.04 Å². The zero-order valence-electron chi connectivity index (χ0n) is 36.5. The van der Waals surface area contributed by atoms with E-state index < -0.39 is 0 Å². The van der Waals surface area contributed by atoms with Crippen LogP contribution in [0.15, 0.2) is 255 Å². The van der Waals surface area contributed by atoms with Crippen molar-refractivity contribution in [2.24, 2.45) is 0 Å². The molecule has 0 radical (unpaired) electrons. The van der Waals surface area contributed by atoms with E-state index in [1.165, 1.54) is 83.0 Å². The Morgan fingerprint density at radius 2 is 0.712 bits per heavy atom. The summed E-state index contributed by atoms with van der Waals surface area (Å²) in [6, 6.07) is 92.8. The molecule has 1 aliphatic carbocycles. The van der Waals surface area contributed by atoms with Crippen LogP contribution >= 0.6 is 0 Å². The second kappa shape index (κ2) is 16.9. The van der Waals surface area contributed by atoms with Gasteiger partial charge in [-0.2, -0.15) is 0 Å². The predicted molar refractivity (Wildman–Crippen MR) is 278 cm³/mol. The Morgan fingerprint density at radius 1 is 0.288 bits per heavy atom. The molecule has 312 valence electrons. The molecule has 1 heterocycles. The van der Waals surface area contributed by atoms with Gasteiger partial charge >= 0.3 is 0 Å².